The van der Waals surface area contributed by atoms with Crippen LogP contribution in [0.4, 0.5) is 11.8 Å². The van der Waals surface area contributed by atoms with E-state index in [1.54, 1.807) is 30.1 Å². The van der Waals surface area contributed by atoms with Crippen LogP contribution in [0.15, 0.2) is 59.9 Å². The quantitative estimate of drug-likeness (QED) is 0.730. The third-order valence-electron chi connectivity index (χ3n) is 4.30. The normalized spacial score (nSPS) is 15.7. The molecule has 1 atom stereocenters. The maximum absolute atomic E-state index is 13.1. The van der Waals surface area contributed by atoms with E-state index in [9.17, 15) is 4.79 Å². The van der Waals surface area contributed by atoms with Gasteiger partial charge in [0.2, 0.25) is 5.95 Å². The zero-order valence-electron chi connectivity index (χ0n) is 14.7. The van der Waals surface area contributed by atoms with Crippen molar-refractivity contribution in [3.8, 4) is 5.75 Å². The number of carbonyl (C=O) groups is 1. The van der Waals surface area contributed by atoms with Crippen molar-refractivity contribution in [2.24, 2.45) is 0 Å². The first kappa shape index (κ1) is 16.7. The molecule has 3 aromatic rings. The molecular formula is C18H17N7O2. The summed E-state index contributed by atoms with van der Waals surface area (Å²) in [5.41, 5.74) is 2.04. The number of hydrogen-bond acceptors (Lipinski definition) is 7. The fraction of sp³-hybridized carbons (Fsp3) is 0.167. The minimum atomic E-state index is -0.481. The highest BCUT2D eigenvalue weighted by atomic mass is 16.5. The fourth-order valence-corrected chi connectivity index (χ4v) is 3.02. The predicted octanol–water partition coefficient (Wildman–Crippen LogP) is 2.00. The Kier molecular flexibility index (Phi) is 4.25. The van der Waals surface area contributed by atoms with Crippen molar-refractivity contribution in [2.75, 3.05) is 17.7 Å². The second-order valence-electron chi connectivity index (χ2n) is 5.96. The number of tetrazole rings is 1. The number of methoxy groups -OCH3 is 1. The minimum Gasteiger partial charge on any atom is -0.497 e. The summed E-state index contributed by atoms with van der Waals surface area (Å²) in [5, 5.41) is 17.7. The van der Waals surface area contributed by atoms with E-state index in [0.29, 0.717) is 23.0 Å². The van der Waals surface area contributed by atoms with Gasteiger partial charge in [0.1, 0.15) is 17.6 Å². The van der Waals surface area contributed by atoms with Crippen LogP contribution in [0.2, 0.25) is 0 Å². The molecule has 2 aromatic heterocycles. The molecule has 27 heavy (non-hydrogen) atoms. The van der Waals surface area contributed by atoms with E-state index in [4.69, 9.17) is 4.74 Å². The summed E-state index contributed by atoms with van der Waals surface area (Å²) < 4.78 is 6.81. The SMILES string of the molecule is COc1ccc([C@@H]2C(C(=O)Nc3ccccn3)=C(C)Nc3nnnn32)cc1. The summed E-state index contributed by atoms with van der Waals surface area (Å²) >= 11 is 0. The van der Waals surface area contributed by atoms with Crippen molar-refractivity contribution in [3.05, 3.63) is 65.5 Å². The molecular weight excluding hydrogens is 346 g/mol. The molecule has 0 saturated heterocycles. The lowest BCUT2D eigenvalue weighted by Crippen LogP contribution is -2.31. The van der Waals surface area contributed by atoms with E-state index in [1.165, 1.54) is 0 Å². The minimum absolute atomic E-state index is 0.277. The van der Waals surface area contributed by atoms with E-state index in [2.05, 4.69) is 31.1 Å². The number of amides is 1. The van der Waals surface area contributed by atoms with Crippen LogP contribution in [0.5, 0.6) is 5.75 Å². The Labute approximate surface area is 155 Å². The highest BCUT2D eigenvalue weighted by Crippen LogP contribution is 2.35. The summed E-state index contributed by atoms with van der Waals surface area (Å²) in [6.07, 6.45) is 1.62. The summed E-state index contributed by atoms with van der Waals surface area (Å²) in [4.78, 5) is 17.2. The van der Waals surface area contributed by atoms with Crippen LogP contribution in [0.25, 0.3) is 0 Å². The zero-order valence-corrected chi connectivity index (χ0v) is 14.7. The summed E-state index contributed by atoms with van der Waals surface area (Å²) in [6.45, 7) is 1.82. The summed E-state index contributed by atoms with van der Waals surface area (Å²) in [7, 11) is 1.61. The lowest BCUT2D eigenvalue weighted by molar-refractivity contribution is -0.113. The van der Waals surface area contributed by atoms with Crippen molar-refractivity contribution in [2.45, 2.75) is 13.0 Å². The molecule has 0 aliphatic carbocycles. The number of nitrogens with one attached hydrogen (secondary N) is 2. The van der Waals surface area contributed by atoms with Gasteiger partial charge in [-0.1, -0.05) is 23.3 Å². The number of benzene rings is 1. The maximum atomic E-state index is 13.1. The van der Waals surface area contributed by atoms with Crippen LogP contribution >= 0.6 is 0 Å². The highest BCUT2D eigenvalue weighted by molar-refractivity contribution is 6.05. The van der Waals surface area contributed by atoms with Crippen LogP contribution in [0.3, 0.4) is 0 Å². The van der Waals surface area contributed by atoms with Crippen LogP contribution in [0.1, 0.15) is 18.5 Å². The predicted molar refractivity (Wildman–Crippen MR) is 98.1 cm³/mol. The summed E-state index contributed by atoms with van der Waals surface area (Å²) in [6, 6.07) is 12.3. The van der Waals surface area contributed by atoms with Gasteiger partial charge in [0, 0.05) is 11.9 Å². The molecule has 3 heterocycles. The molecule has 4 rings (SSSR count). The van der Waals surface area contributed by atoms with Gasteiger partial charge in [0.05, 0.1) is 12.7 Å². The lowest BCUT2D eigenvalue weighted by atomic mass is 9.95. The van der Waals surface area contributed by atoms with E-state index < -0.39 is 6.04 Å². The Balaban J connectivity index is 1.75. The van der Waals surface area contributed by atoms with Gasteiger partial charge in [-0.3, -0.25) is 4.79 Å². The van der Waals surface area contributed by atoms with E-state index in [-0.39, 0.29) is 5.91 Å². The molecule has 9 heteroatoms. The van der Waals surface area contributed by atoms with E-state index in [1.807, 2.05) is 37.3 Å². The molecule has 1 aromatic carbocycles. The van der Waals surface area contributed by atoms with Crippen molar-refractivity contribution in [1.82, 2.24) is 25.2 Å². The van der Waals surface area contributed by atoms with Gasteiger partial charge >= 0.3 is 0 Å². The largest absolute Gasteiger partial charge is 0.497 e. The van der Waals surface area contributed by atoms with Gasteiger partial charge in [-0.05, 0) is 47.2 Å². The van der Waals surface area contributed by atoms with E-state index in [0.717, 1.165) is 11.3 Å². The first-order chi connectivity index (χ1) is 13.2. The third kappa shape index (κ3) is 3.10. The first-order valence-corrected chi connectivity index (χ1v) is 8.29. The van der Waals surface area contributed by atoms with Gasteiger partial charge in [-0.25, -0.2) is 4.98 Å². The average Bonchev–Trinajstić information content (AvgIpc) is 3.15. The van der Waals surface area contributed by atoms with E-state index >= 15 is 0 Å². The molecule has 1 amide bonds. The molecule has 2 N–H and O–H groups in total. The van der Waals surface area contributed by atoms with Gasteiger partial charge in [0.15, 0.2) is 0 Å². The molecule has 136 valence electrons. The second kappa shape index (κ2) is 6.87. The molecule has 9 nitrogen and oxygen atoms in total. The molecule has 0 bridgehead atoms. The van der Waals surface area contributed by atoms with Crippen molar-refractivity contribution in [1.29, 1.82) is 0 Å². The number of ether oxygens (including phenoxy) is 1. The Bertz CT molecular complexity index is 996. The molecule has 0 radical (unpaired) electrons. The molecule has 0 saturated carbocycles. The van der Waals surface area contributed by atoms with Gasteiger partial charge in [-0.15, -0.1) is 0 Å². The topological polar surface area (TPSA) is 107 Å². The maximum Gasteiger partial charge on any atom is 0.257 e. The van der Waals surface area contributed by atoms with Crippen molar-refractivity contribution in [3.63, 3.8) is 0 Å². The van der Waals surface area contributed by atoms with Crippen LogP contribution < -0.4 is 15.4 Å². The molecule has 1 aliphatic heterocycles. The highest BCUT2D eigenvalue weighted by Gasteiger charge is 2.34. The number of nitrogens with zero attached hydrogens (tertiary/aromatic N) is 5. The van der Waals surface area contributed by atoms with Gasteiger partial charge < -0.3 is 15.4 Å². The molecule has 0 fully saturated rings. The standard InChI is InChI=1S/C18H17N7O2/c1-11-15(17(26)21-14-5-3-4-10-19-14)16(25-18(20-11)22-23-24-25)12-6-8-13(27-2)9-7-12/h3-10,16H,1-2H3,(H,19,21,26)(H,20,22,24)/t16-/m1/s1. The number of carbonyl (C=O) groups excluding carboxylic acids is 1. The Morgan fingerprint density at radius 1 is 1.22 bits per heavy atom. The average molecular weight is 363 g/mol. The van der Waals surface area contributed by atoms with Gasteiger partial charge in [0.25, 0.3) is 5.91 Å². The van der Waals surface area contributed by atoms with Crippen LogP contribution in [0, 0.1) is 0 Å². The number of pyridine rings is 1. The van der Waals surface area contributed by atoms with Crippen molar-refractivity contribution >= 4 is 17.7 Å². The Morgan fingerprint density at radius 2 is 2.04 bits per heavy atom. The zero-order chi connectivity index (χ0) is 18.8. The monoisotopic (exact) mass is 363 g/mol. The fourth-order valence-electron chi connectivity index (χ4n) is 3.02. The Morgan fingerprint density at radius 3 is 2.74 bits per heavy atom. The van der Waals surface area contributed by atoms with Crippen LogP contribution in [-0.2, 0) is 4.79 Å². The number of aromatic nitrogens is 5. The number of fused-ring (bicyclic) bond motifs is 1. The smallest absolute Gasteiger partial charge is 0.257 e. The van der Waals surface area contributed by atoms with Crippen molar-refractivity contribution < 1.29 is 9.53 Å². The molecule has 0 unspecified atom stereocenters. The molecule has 0 spiro atoms. The van der Waals surface area contributed by atoms with Crippen LogP contribution in [-0.4, -0.2) is 38.2 Å². The number of rotatable bonds is 4. The number of anilines is 2. The number of allylic oxidation sites excluding steroid dienone is 1. The first-order valence-electron chi connectivity index (χ1n) is 8.29. The lowest BCUT2D eigenvalue weighted by Gasteiger charge is -2.27. The Hall–Kier alpha value is -3.75. The summed E-state index contributed by atoms with van der Waals surface area (Å²) in [5.74, 6) is 1.40. The second-order valence-corrected chi connectivity index (χ2v) is 5.96. The third-order valence-corrected chi connectivity index (χ3v) is 4.30. The molecule has 1 aliphatic rings. The van der Waals surface area contributed by atoms with Gasteiger partial charge in [-0.2, -0.15) is 4.68 Å². The number of hydrogen-bond donors (Lipinski definition) is 2.